The van der Waals surface area contributed by atoms with Crippen LogP contribution in [-0.4, -0.2) is 74.3 Å². The summed E-state index contributed by atoms with van der Waals surface area (Å²) in [6.07, 6.45) is 88.3. The van der Waals surface area contributed by atoms with Crippen LogP contribution in [0.3, 0.4) is 0 Å². The predicted octanol–water partition coefficient (Wildman–Crippen LogP) is 20.4. The van der Waals surface area contributed by atoms with Gasteiger partial charge >= 0.3 is 13.8 Å². The number of allylic oxidation sites excluding steroid dienone is 25. The van der Waals surface area contributed by atoms with E-state index in [2.05, 4.69) is 160 Å². The Morgan fingerprint density at radius 2 is 0.793 bits per heavy atom. The minimum atomic E-state index is -4.48. The van der Waals surface area contributed by atoms with Gasteiger partial charge in [-0.15, -0.1) is 0 Å². The zero-order chi connectivity index (χ0) is 60.0. The number of nitrogens with one attached hydrogen (secondary N) is 1. The summed E-state index contributed by atoms with van der Waals surface area (Å²) in [5, 5.41) is 3.03. The van der Waals surface area contributed by atoms with Gasteiger partial charge < -0.3 is 19.4 Å². The summed E-state index contributed by atoms with van der Waals surface area (Å²) < 4.78 is 30.6. The molecule has 0 aromatic carbocycles. The van der Waals surface area contributed by atoms with Gasteiger partial charge in [0.15, 0.2) is 0 Å². The number of unbranched alkanes of at least 4 members (excludes halogenated alkanes) is 16. The minimum absolute atomic E-state index is 0.0165. The zero-order valence-electron chi connectivity index (χ0n) is 52.9. The molecular weight excluding hydrogens is 1040 g/mol. The number of hydrogen-bond donors (Lipinski definition) is 2. The number of ether oxygens (including phenoxy) is 1. The first-order valence-electron chi connectivity index (χ1n) is 32.3. The molecule has 82 heavy (non-hydrogen) atoms. The summed E-state index contributed by atoms with van der Waals surface area (Å²) in [7, 11) is 1.42. The summed E-state index contributed by atoms with van der Waals surface area (Å²) in [5.74, 6) is -0.633. The number of carbonyl (C=O) groups is 2. The number of esters is 1. The summed E-state index contributed by atoms with van der Waals surface area (Å²) in [6.45, 7) is 6.70. The molecule has 0 saturated heterocycles. The van der Waals surface area contributed by atoms with Crippen molar-refractivity contribution in [2.24, 2.45) is 0 Å². The summed E-state index contributed by atoms with van der Waals surface area (Å²) in [6, 6.07) is -0.900. The highest BCUT2D eigenvalue weighted by atomic mass is 31.2. The Hall–Kier alpha value is -4.37. The number of nitrogens with zero attached hydrogens (tertiary/aromatic N) is 1. The van der Waals surface area contributed by atoms with Crippen LogP contribution in [0.15, 0.2) is 158 Å². The Labute approximate surface area is 503 Å². The Morgan fingerprint density at radius 3 is 1.20 bits per heavy atom. The maximum Gasteiger partial charge on any atom is 0.472 e. The van der Waals surface area contributed by atoms with E-state index in [9.17, 15) is 19.0 Å². The van der Waals surface area contributed by atoms with Crippen LogP contribution in [0.25, 0.3) is 0 Å². The first-order chi connectivity index (χ1) is 39.9. The molecule has 0 aliphatic heterocycles. The third kappa shape index (κ3) is 60.2. The van der Waals surface area contributed by atoms with Crippen LogP contribution < -0.4 is 5.32 Å². The summed E-state index contributed by atoms with van der Waals surface area (Å²) in [4.78, 5) is 37.7. The van der Waals surface area contributed by atoms with Crippen LogP contribution in [0.4, 0.5) is 0 Å². The number of likely N-dealkylation sites (N-methyl/N-ethyl adjacent to an activating group) is 1. The molecule has 0 aromatic rings. The highest BCUT2D eigenvalue weighted by Crippen LogP contribution is 2.43. The Kier molecular flexibility index (Phi) is 56.6. The van der Waals surface area contributed by atoms with Crippen molar-refractivity contribution in [3.63, 3.8) is 0 Å². The van der Waals surface area contributed by atoms with E-state index in [0.717, 1.165) is 135 Å². The van der Waals surface area contributed by atoms with Gasteiger partial charge in [-0.05, 0) is 122 Å². The van der Waals surface area contributed by atoms with Crippen molar-refractivity contribution in [3.8, 4) is 0 Å². The number of phosphoric acid groups is 1. The Balaban J connectivity index is 5.34. The molecule has 9 nitrogen and oxygen atoms in total. The first-order valence-corrected chi connectivity index (χ1v) is 33.8. The van der Waals surface area contributed by atoms with Crippen LogP contribution in [0.1, 0.15) is 233 Å². The van der Waals surface area contributed by atoms with E-state index in [0.29, 0.717) is 23.9 Å². The molecule has 0 aromatic heterocycles. The van der Waals surface area contributed by atoms with E-state index < -0.39 is 25.9 Å². The van der Waals surface area contributed by atoms with Crippen molar-refractivity contribution in [2.75, 3.05) is 40.9 Å². The van der Waals surface area contributed by atoms with Crippen molar-refractivity contribution in [1.82, 2.24) is 5.32 Å². The Morgan fingerprint density at radius 1 is 0.439 bits per heavy atom. The van der Waals surface area contributed by atoms with Crippen LogP contribution >= 0.6 is 7.82 Å². The largest absolute Gasteiger partial charge is 0.472 e. The van der Waals surface area contributed by atoms with Crippen LogP contribution in [0, 0.1) is 0 Å². The van der Waals surface area contributed by atoms with E-state index in [1.54, 1.807) is 0 Å². The van der Waals surface area contributed by atoms with Gasteiger partial charge in [0.2, 0.25) is 5.91 Å². The maximum absolute atomic E-state index is 13.6. The molecule has 464 valence electrons. The second-order valence-corrected chi connectivity index (χ2v) is 23.6. The minimum Gasteiger partial charge on any atom is -0.456 e. The van der Waals surface area contributed by atoms with Gasteiger partial charge in [-0.3, -0.25) is 18.6 Å². The van der Waals surface area contributed by atoms with Crippen LogP contribution in [0.2, 0.25) is 0 Å². The zero-order valence-corrected chi connectivity index (χ0v) is 53.8. The molecule has 0 saturated carbocycles. The number of phosphoric ester groups is 1. The SMILES string of the molecule is CC/C=C\C/C=C\C/C=C\C/C=C\C/C=C\C/C=C\CCCCCCCCC(=O)NC(COP(=O)(O)OCC[N+](C)(C)C)C(/C=C\CCCCCCCCCCCC)OC(=O)CC/C=C\C/C=C\C/C=C\C/C=C\C/C=C\C/C=C\CC. The molecule has 0 rings (SSSR count). The van der Waals surface area contributed by atoms with Gasteiger partial charge in [0.25, 0.3) is 0 Å². The number of quaternary nitrogens is 1. The second kappa shape index (κ2) is 59.8. The molecule has 0 radical (unpaired) electrons. The van der Waals surface area contributed by atoms with Crippen LogP contribution in [0.5, 0.6) is 0 Å². The fourth-order valence-electron chi connectivity index (χ4n) is 8.32. The third-order valence-corrected chi connectivity index (χ3v) is 14.2. The lowest BCUT2D eigenvalue weighted by Crippen LogP contribution is -2.47. The molecule has 1 amide bonds. The molecule has 10 heteroatoms. The fourth-order valence-corrected chi connectivity index (χ4v) is 9.06. The lowest BCUT2D eigenvalue weighted by Gasteiger charge is -2.27. The van der Waals surface area contributed by atoms with E-state index in [4.69, 9.17) is 13.8 Å². The second-order valence-electron chi connectivity index (χ2n) is 22.2. The highest BCUT2D eigenvalue weighted by Gasteiger charge is 2.30. The molecule has 3 unspecified atom stereocenters. The maximum atomic E-state index is 13.6. The smallest absolute Gasteiger partial charge is 0.456 e. The van der Waals surface area contributed by atoms with Crippen molar-refractivity contribution in [2.45, 2.75) is 245 Å². The monoisotopic (exact) mass is 1160 g/mol. The van der Waals surface area contributed by atoms with Crippen molar-refractivity contribution >= 4 is 19.7 Å². The molecule has 0 aliphatic rings. The predicted molar refractivity (Wildman–Crippen MR) is 355 cm³/mol. The van der Waals surface area contributed by atoms with Crippen molar-refractivity contribution in [1.29, 1.82) is 0 Å². The number of amides is 1. The highest BCUT2D eigenvalue weighted by molar-refractivity contribution is 7.47. The van der Waals surface area contributed by atoms with Crippen molar-refractivity contribution in [3.05, 3.63) is 158 Å². The summed E-state index contributed by atoms with van der Waals surface area (Å²) >= 11 is 0. The molecule has 2 N–H and O–H groups in total. The van der Waals surface area contributed by atoms with Crippen LogP contribution in [-0.2, 0) is 27.9 Å². The topological polar surface area (TPSA) is 111 Å². The molecule has 0 spiro atoms. The van der Waals surface area contributed by atoms with E-state index in [1.165, 1.54) is 51.4 Å². The molecule has 0 heterocycles. The first kappa shape index (κ1) is 77.6. The quantitative estimate of drug-likeness (QED) is 0.0205. The average molecular weight is 1160 g/mol. The number of rotatable bonds is 56. The molecule has 0 aliphatic carbocycles. The van der Waals surface area contributed by atoms with Gasteiger partial charge in [0.1, 0.15) is 19.3 Å². The Bertz CT molecular complexity index is 1960. The number of hydrogen-bond acceptors (Lipinski definition) is 6. The third-order valence-electron chi connectivity index (χ3n) is 13.2. The molecule has 0 bridgehead atoms. The summed E-state index contributed by atoms with van der Waals surface area (Å²) in [5.41, 5.74) is 0. The van der Waals surface area contributed by atoms with Gasteiger partial charge in [0, 0.05) is 12.8 Å². The number of carbonyl (C=O) groups excluding carboxylic acids is 2. The average Bonchev–Trinajstić information content (AvgIpc) is 3.44. The van der Waals surface area contributed by atoms with E-state index in [1.807, 2.05) is 45.4 Å². The van der Waals surface area contributed by atoms with Crippen molar-refractivity contribution < 1.29 is 37.3 Å². The molecular formula is C72H120N2O7P+. The lowest BCUT2D eigenvalue weighted by molar-refractivity contribution is -0.870. The molecule has 0 fully saturated rings. The van der Waals surface area contributed by atoms with Gasteiger partial charge in [-0.2, -0.15) is 0 Å². The van der Waals surface area contributed by atoms with E-state index >= 15 is 0 Å². The molecule has 3 atom stereocenters. The van der Waals surface area contributed by atoms with Gasteiger partial charge in [-0.25, -0.2) is 4.57 Å². The lowest BCUT2D eigenvalue weighted by atomic mass is 10.0. The normalized spacial score (nSPS) is 14.7. The standard InChI is InChI=1S/C72H119N2O7P/c1-7-10-13-16-19-22-25-28-30-32-34-35-36-37-38-39-41-42-44-46-49-52-55-58-61-64-71(75)73-69(68-80-82(77,78)79-67-66-74(4,5)6)70(63-60-57-54-51-48-27-24-21-18-15-12-9-3)81-72(76)65-62-59-56-53-50-47-45-43-40-33-31-29-26-23-20-17-14-11-8-2/h10-11,13-14,19-20,22-23,28-31,34-35,37-38,40-43,47,50,56,59-60,63,69-70H,7-9,12,15-18,21,24-27,32-33,36,39,44-46,48-49,51-55,57-58,61-62,64-68H2,1-6H3,(H-,73,75,77,78)/p+1/b13-10-,14-11-,22-19-,23-20-,30-28-,31-29-,35-34-,38-37-,42-41-,43-40-,50-47-,59-56-,63-60-. The van der Waals surface area contributed by atoms with E-state index in [-0.39, 0.29) is 32.0 Å². The van der Waals surface area contributed by atoms with Gasteiger partial charge in [0.05, 0.1) is 33.8 Å². The van der Waals surface area contributed by atoms with Gasteiger partial charge in [-0.1, -0.05) is 256 Å². The fraction of sp³-hybridized carbons (Fsp3) is 0.611.